The topological polar surface area (TPSA) is 110 Å². The molecule has 0 aliphatic heterocycles. The zero-order valence-corrected chi connectivity index (χ0v) is 13.2. The van der Waals surface area contributed by atoms with Crippen LogP contribution in [0.15, 0.2) is 25.3 Å². The Labute approximate surface area is 131 Å². The highest BCUT2D eigenvalue weighted by molar-refractivity contribution is 5.81. The highest BCUT2D eigenvalue weighted by atomic mass is 16.6. The SMILES string of the molecule is C=CC(=O)OCCCC.C=CC(=O)OCCCC.O=C(O)O. The third-order valence-corrected chi connectivity index (χ3v) is 1.82. The van der Waals surface area contributed by atoms with Gasteiger partial charge in [0.1, 0.15) is 0 Å². The van der Waals surface area contributed by atoms with E-state index in [9.17, 15) is 9.59 Å². The van der Waals surface area contributed by atoms with Gasteiger partial charge in [-0.15, -0.1) is 0 Å². The summed E-state index contributed by atoms with van der Waals surface area (Å²) in [7, 11) is 0. The van der Waals surface area contributed by atoms with Crippen LogP contribution in [0, 0.1) is 0 Å². The van der Waals surface area contributed by atoms with Gasteiger partial charge in [0, 0.05) is 12.2 Å². The third kappa shape index (κ3) is 36.1. The molecule has 0 atom stereocenters. The Bertz CT molecular complexity index is 294. The summed E-state index contributed by atoms with van der Waals surface area (Å²) < 4.78 is 9.35. The van der Waals surface area contributed by atoms with Crippen LogP contribution in [0.5, 0.6) is 0 Å². The van der Waals surface area contributed by atoms with Gasteiger partial charge in [0.15, 0.2) is 0 Å². The molecule has 22 heavy (non-hydrogen) atoms. The highest BCUT2D eigenvalue weighted by Gasteiger charge is 1.92. The van der Waals surface area contributed by atoms with E-state index in [1.54, 1.807) is 0 Å². The Morgan fingerprint density at radius 1 is 0.864 bits per heavy atom. The normalized spacial score (nSPS) is 8.09. The number of rotatable bonds is 8. The van der Waals surface area contributed by atoms with Gasteiger partial charge in [-0.25, -0.2) is 14.4 Å². The molecule has 0 aromatic heterocycles. The summed E-state index contributed by atoms with van der Waals surface area (Å²) in [5.74, 6) is -0.660. The van der Waals surface area contributed by atoms with Gasteiger partial charge in [0.05, 0.1) is 13.2 Å². The van der Waals surface area contributed by atoms with Gasteiger partial charge >= 0.3 is 18.1 Å². The molecule has 0 fully saturated rings. The van der Waals surface area contributed by atoms with Crippen molar-refractivity contribution >= 4 is 18.1 Å². The maximum atomic E-state index is 10.3. The van der Waals surface area contributed by atoms with E-state index in [4.69, 9.17) is 15.0 Å². The second-order valence-electron chi connectivity index (χ2n) is 3.73. The molecular formula is C15H26O7. The minimum atomic E-state index is -1.83. The van der Waals surface area contributed by atoms with Gasteiger partial charge < -0.3 is 19.7 Å². The number of hydrogen-bond acceptors (Lipinski definition) is 5. The predicted octanol–water partition coefficient (Wildman–Crippen LogP) is 3.25. The van der Waals surface area contributed by atoms with E-state index in [0.717, 1.165) is 25.7 Å². The van der Waals surface area contributed by atoms with Gasteiger partial charge in [-0.05, 0) is 12.8 Å². The second-order valence-corrected chi connectivity index (χ2v) is 3.73. The first-order valence-electron chi connectivity index (χ1n) is 6.85. The number of unbranched alkanes of at least 4 members (excludes halogenated alkanes) is 2. The molecule has 128 valence electrons. The summed E-state index contributed by atoms with van der Waals surface area (Å²) in [5, 5.41) is 13.9. The molecule has 0 radical (unpaired) electrons. The number of esters is 2. The van der Waals surface area contributed by atoms with Crippen molar-refractivity contribution in [2.75, 3.05) is 13.2 Å². The Balaban J connectivity index is -0.000000266. The standard InChI is InChI=1S/2C7H12O2.CH2O3/c2*1-3-5-6-9-7(8)4-2;2-1(3)4/h2*4H,2-3,5-6H2,1H3;(H2,2,3,4). The van der Waals surface area contributed by atoms with Gasteiger partial charge in [0.2, 0.25) is 0 Å². The smallest absolute Gasteiger partial charge is 0.463 e. The van der Waals surface area contributed by atoms with Crippen LogP contribution in [0.2, 0.25) is 0 Å². The van der Waals surface area contributed by atoms with Crippen LogP contribution in [-0.4, -0.2) is 41.5 Å². The zero-order valence-electron chi connectivity index (χ0n) is 13.2. The fourth-order valence-electron chi connectivity index (χ4n) is 0.752. The fourth-order valence-corrected chi connectivity index (χ4v) is 0.752. The predicted molar refractivity (Wildman–Crippen MR) is 82.8 cm³/mol. The number of carbonyl (C=O) groups is 3. The lowest BCUT2D eigenvalue weighted by Crippen LogP contribution is -2.00. The van der Waals surface area contributed by atoms with Crippen molar-refractivity contribution in [1.82, 2.24) is 0 Å². The number of carboxylic acid groups (broad SMARTS) is 2. The molecule has 7 heteroatoms. The molecule has 0 rings (SSSR count). The minimum absolute atomic E-state index is 0.330. The molecule has 0 aromatic carbocycles. The molecular weight excluding hydrogens is 292 g/mol. The first-order valence-corrected chi connectivity index (χ1v) is 6.85. The largest absolute Gasteiger partial charge is 0.503 e. The van der Waals surface area contributed by atoms with E-state index in [0.29, 0.717) is 13.2 Å². The van der Waals surface area contributed by atoms with Crippen molar-refractivity contribution in [3.63, 3.8) is 0 Å². The lowest BCUT2D eigenvalue weighted by Gasteiger charge is -1.97. The highest BCUT2D eigenvalue weighted by Crippen LogP contribution is 1.88. The first kappa shape index (κ1) is 24.7. The molecule has 0 heterocycles. The Kier molecular flexibility index (Phi) is 23.6. The molecule has 0 bridgehead atoms. The summed E-state index contributed by atoms with van der Waals surface area (Å²) in [6.07, 6.45) is 4.47. The molecule has 0 aromatic rings. The average molecular weight is 318 g/mol. The van der Waals surface area contributed by atoms with Crippen molar-refractivity contribution in [2.45, 2.75) is 39.5 Å². The molecule has 0 unspecified atom stereocenters. The molecule has 0 aliphatic rings. The monoisotopic (exact) mass is 318 g/mol. The van der Waals surface area contributed by atoms with Crippen LogP contribution in [0.1, 0.15) is 39.5 Å². The molecule has 2 N–H and O–H groups in total. The number of ether oxygens (including phenoxy) is 2. The summed E-state index contributed by atoms with van der Waals surface area (Å²) >= 11 is 0. The zero-order chi connectivity index (χ0) is 17.8. The van der Waals surface area contributed by atoms with Gasteiger partial charge in [-0.2, -0.15) is 0 Å². The Morgan fingerprint density at radius 3 is 1.32 bits per heavy atom. The molecule has 0 amide bonds. The summed E-state index contributed by atoms with van der Waals surface area (Å²) in [6.45, 7) is 11.6. The molecule has 0 saturated carbocycles. The van der Waals surface area contributed by atoms with E-state index in [-0.39, 0.29) is 11.9 Å². The van der Waals surface area contributed by atoms with Crippen molar-refractivity contribution in [1.29, 1.82) is 0 Å². The maximum absolute atomic E-state index is 10.3. The molecule has 7 nitrogen and oxygen atoms in total. The van der Waals surface area contributed by atoms with Crippen LogP contribution in [0.4, 0.5) is 4.79 Å². The average Bonchev–Trinajstić information content (AvgIpc) is 2.47. The first-order chi connectivity index (χ1) is 10.3. The van der Waals surface area contributed by atoms with Gasteiger partial charge in [-0.1, -0.05) is 39.8 Å². The Hall–Kier alpha value is -2.31. The van der Waals surface area contributed by atoms with Crippen LogP contribution in [0.25, 0.3) is 0 Å². The second kappa shape index (κ2) is 21.0. The van der Waals surface area contributed by atoms with E-state index < -0.39 is 6.16 Å². The van der Waals surface area contributed by atoms with E-state index >= 15 is 0 Å². The van der Waals surface area contributed by atoms with E-state index in [1.165, 1.54) is 12.2 Å². The summed E-state index contributed by atoms with van der Waals surface area (Å²) in [4.78, 5) is 29.2. The van der Waals surface area contributed by atoms with Crippen molar-refractivity contribution in [3.05, 3.63) is 25.3 Å². The number of carbonyl (C=O) groups excluding carboxylic acids is 2. The van der Waals surface area contributed by atoms with Crippen molar-refractivity contribution in [3.8, 4) is 0 Å². The molecule has 0 aliphatic carbocycles. The van der Waals surface area contributed by atoms with Crippen molar-refractivity contribution in [2.24, 2.45) is 0 Å². The lowest BCUT2D eigenvalue weighted by atomic mass is 10.4. The van der Waals surface area contributed by atoms with Crippen LogP contribution < -0.4 is 0 Å². The van der Waals surface area contributed by atoms with E-state index in [2.05, 4.69) is 22.6 Å². The summed E-state index contributed by atoms with van der Waals surface area (Å²) in [6, 6.07) is 0. The fraction of sp³-hybridized carbons (Fsp3) is 0.533. The minimum Gasteiger partial charge on any atom is -0.463 e. The lowest BCUT2D eigenvalue weighted by molar-refractivity contribution is -0.138. The molecule has 0 saturated heterocycles. The Morgan fingerprint density at radius 2 is 1.14 bits per heavy atom. The van der Waals surface area contributed by atoms with Crippen LogP contribution in [-0.2, 0) is 19.1 Å². The molecule has 0 spiro atoms. The number of hydrogen-bond donors (Lipinski definition) is 2. The van der Waals surface area contributed by atoms with Crippen molar-refractivity contribution < 1.29 is 34.1 Å². The van der Waals surface area contributed by atoms with Gasteiger partial charge in [-0.3, -0.25) is 0 Å². The van der Waals surface area contributed by atoms with Crippen LogP contribution >= 0.6 is 0 Å². The van der Waals surface area contributed by atoms with E-state index in [1.807, 2.05) is 13.8 Å². The quantitative estimate of drug-likeness (QED) is 0.401. The van der Waals surface area contributed by atoms with Crippen LogP contribution in [0.3, 0.4) is 0 Å². The maximum Gasteiger partial charge on any atom is 0.503 e. The van der Waals surface area contributed by atoms with Gasteiger partial charge in [0.25, 0.3) is 0 Å². The summed E-state index contributed by atoms with van der Waals surface area (Å²) in [5.41, 5.74) is 0. The third-order valence-electron chi connectivity index (χ3n) is 1.82.